The fourth-order valence-corrected chi connectivity index (χ4v) is 3.05. The highest BCUT2D eigenvalue weighted by Gasteiger charge is 2.05. The molecule has 0 aliphatic heterocycles. The van der Waals surface area contributed by atoms with Crippen molar-refractivity contribution < 1.29 is 0 Å². The van der Waals surface area contributed by atoms with Gasteiger partial charge in [0.25, 0.3) is 0 Å². The third-order valence-electron chi connectivity index (χ3n) is 2.30. The number of thiazole rings is 1. The number of aryl methyl sites for hydroxylation is 1. The summed E-state index contributed by atoms with van der Waals surface area (Å²) in [6.45, 7) is 0.813. The van der Waals surface area contributed by atoms with Crippen molar-refractivity contribution in [1.82, 2.24) is 4.57 Å². The van der Waals surface area contributed by atoms with Crippen molar-refractivity contribution >= 4 is 51.1 Å². The summed E-state index contributed by atoms with van der Waals surface area (Å²) in [6.07, 6.45) is 1.86. The second-order valence-electron chi connectivity index (χ2n) is 3.35. The Morgan fingerprint density at radius 2 is 2.29 bits per heavy atom. The number of rotatable bonds is 2. The van der Waals surface area contributed by atoms with Crippen molar-refractivity contribution in [3.05, 3.63) is 29.1 Å². The van der Waals surface area contributed by atoms with Crippen molar-refractivity contribution in [3.63, 3.8) is 0 Å². The van der Waals surface area contributed by atoms with Crippen molar-refractivity contribution in [3.8, 4) is 0 Å². The number of fused-ring (bicyclic) bond motifs is 1. The lowest BCUT2D eigenvalue weighted by Gasteiger charge is -2.01. The van der Waals surface area contributed by atoms with E-state index in [0.717, 1.165) is 17.1 Å². The zero-order valence-electron chi connectivity index (χ0n) is 9.38. The maximum atomic E-state index is 7.65. The molecule has 0 aliphatic rings. The predicted molar refractivity (Wildman–Crippen MR) is 80.5 cm³/mol. The van der Waals surface area contributed by atoms with Crippen LogP contribution in [0.2, 0.25) is 0 Å². The van der Waals surface area contributed by atoms with Gasteiger partial charge in [0.1, 0.15) is 0 Å². The number of nitrogens with zero attached hydrogens (tertiary/aromatic N) is 2. The molecule has 1 aromatic heterocycles. The van der Waals surface area contributed by atoms with Crippen LogP contribution in [0.3, 0.4) is 0 Å². The van der Waals surface area contributed by atoms with Crippen LogP contribution in [0.25, 0.3) is 10.2 Å². The Morgan fingerprint density at radius 3 is 3.00 bits per heavy atom. The molecule has 0 amide bonds. The number of nitrogens with one attached hydrogen (secondary N) is 1. The standard InChI is InChI=1S/C11H13N3S3/c1-16-10(12)13-11-14(6-7-15)8-4-2-3-5-9(8)17-11/h2-5,12,15H,6-7H2,1H3. The first-order chi connectivity index (χ1) is 8.26. The summed E-state index contributed by atoms with van der Waals surface area (Å²) in [5, 5.41) is 7.99. The van der Waals surface area contributed by atoms with Crippen molar-refractivity contribution in [2.75, 3.05) is 12.0 Å². The Kier molecular flexibility index (Phi) is 4.31. The smallest absolute Gasteiger partial charge is 0.192 e. The van der Waals surface area contributed by atoms with E-state index in [1.54, 1.807) is 11.3 Å². The monoisotopic (exact) mass is 283 g/mol. The zero-order chi connectivity index (χ0) is 12.3. The van der Waals surface area contributed by atoms with Gasteiger partial charge < -0.3 is 4.57 Å². The molecule has 0 fully saturated rings. The molecule has 0 radical (unpaired) electrons. The molecule has 0 bridgehead atoms. The number of thioether (sulfide) groups is 1. The van der Waals surface area contributed by atoms with Gasteiger partial charge in [-0.05, 0) is 18.4 Å². The molecule has 0 spiro atoms. The van der Waals surface area contributed by atoms with Gasteiger partial charge in [-0.2, -0.15) is 17.6 Å². The lowest BCUT2D eigenvalue weighted by Crippen LogP contribution is -2.16. The summed E-state index contributed by atoms with van der Waals surface area (Å²) >= 11 is 7.24. The van der Waals surface area contributed by atoms with Crippen LogP contribution in [0.5, 0.6) is 0 Å². The lowest BCUT2D eigenvalue weighted by atomic mass is 10.3. The topological polar surface area (TPSA) is 41.1 Å². The third-order valence-corrected chi connectivity index (χ3v) is 4.04. The van der Waals surface area contributed by atoms with E-state index in [-0.39, 0.29) is 0 Å². The highest BCUT2D eigenvalue weighted by molar-refractivity contribution is 8.13. The molecule has 1 heterocycles. The molecule has 1 N–H and O–H groups in total. The molecule has 0 saturated carbocycles. The normalized spacial score (nSPS) is 12.2. The quantitative estimate of drug-likeness (QED) is 0.497. The molecule has 90 valence electrons. The van der Waals surface area contributed by atoms with E-state index in [0.29, 0.717) is 5.17 Å². The lowest BCUT2D eigenvalue weighted by molar-refractivity contribution is 0.778. The average Bonchev–Trinajstić information content (AvgIpc) is 2.68. The first-order valence-corrected chi connectivity index (χ1v) is 7.80. The van der Waals surface area contributed by atoms with Crippen molar-refractivity contribution in [2.24, 2.45) is 4.99 Å². The molecule has 0 atom stereocenters. The molecular weight excluding hydrogens is 270 g/mol. The van der Waals surface area contributed by atoms with Crippen LogP contribution in [0.4, 0.5) is 0 Å². The molecule has 6 heteroatoms. The number of aromatic nitrogens is 1. The second kappa shape index (κ2) is 5.75. The van der Waals surface area contributed by atoms with Gasteiger partial charge in [0, 0.05) is 12.3 Å². The SMILES string of the molecule is CSC(=N)N=c1sc2ccccc2n1CCS. The van der Waals surface area contributed by atoms with Crippen molar-refractivity contribution in [2.45, 2.75) is 6.54 Å². The zero-order valence-corrected chi connectivity index (χ0v) is 11.9. The maximum absolute atomic E-state index is 7.65. The van der Waals surface area contributed by atoms with Crippen molar-refractivity contribution in [1.29, 1.82) is 5.41 Å². The van der Waals surface area contributed by atoms with Gasteiger partial charge >= 0.3 is 0 Å². The summed E-state index contributed by atoms with van der Waals surface area (Å²) in [5.41, 5.74) is 1.17. The van der Waals surface area contributed by atoms with Gasteiger partial charge in [-0.15, -0.1) is 0 Å². The number of hydrogen-bond donors (Lipinski definition) is 2. The Balaban J connectivity index is 2.65. The predicted octanol–water partition coefficient (Wildman–Crippen LogP) is 2.83. The van der Waals surface area contributed by atoms with E-state index in [1.165, 1.54) is 22.0 Å². The van der Waals surface area contributed by atoms with E-state index >= 15 is 0 Å². The Hall–Kier alpha value is -0.720. The fourth-order valence-electron chi connectivity index (χ4n) is 1.55. The van der Waals surface area contributed by atoms with E-state index in [4.69, 9.17) is 5.41 Å². The molecule has 0 unspecified atom stereocenters. The van der Waals surface area contributed by atoms with Crippen LogP contribution < -0.4 is 4.80 Å². The molecular formula is C11H13N3S3. The van der Waals surface area contributed by atoms with Crippen LogP contribution in [0, 0.1) is 5.41 Å². The Bertz CT molecular complexity index is 597. The minimum Gasteiger partial charge on any atom is -0.316 e. The number of benzene rings is 1. The Morgan fingerprint density at radius 1 is 1.53 bits per heavy atom. The van der Waals surface area contributed by atoms with Gasteiger partial charge in [0.2, 0.25) is 0 Å². The molecule has 0 aliphatic carbocycles. The minimum absolute atomic E-state index is 0.337. The number of para-hydroxylation sites is 1. The molecule has 1 aromatic carbocycles. The largest absolute Gasteiger partial charge is 0.316 e. The fraction of sp³-hybridized carbons (Fsp3) is 0.273. The molecule has 2 rings (SSSR count). The van der Waals surface area contributed by atoms with Crippen LogP contribution in [-0.4, -0.2) is 21.7 Å². The molecule has 0 saturated heterocycles. The summed E-state index contributed by atoms with van der Waals surface area (Å²) < 4.78 is 3.32. The van der Waals surface area contributed by atoms with Gasteiger partial charge in [-0.1, -0.05) is 35.2 Å². The van der Waals surface area contributed by atoms with Gasteiger partial charge in [-0.25, -0.2) is 0 Å². The summed E-state index contributed by atoms with van der Waals surface area (Å²) in [7, 11) is 0. The van der Waals surface area contributed by atoms with Gasteiger partial charge in [0.05, 0.1) is 10.2 Å². The van der Waals surface area contributed by atoms with E-state index in [1.807, 2.05) is 18.4 Å². The summed E-state index contributed by atoms with van der Waals surface area (Å²) in [5.74, 6) is 0.764. The molecule has 3 nitrogen and oxygen atoms in total. The molecule has 17 heavy (non-hydrogen) atoms. The second-order valence-corrected chi connectivity index (χ2v) is 5.60. The first kappa shape index (κ1) is 12.7. The third kappa shape index (κ3) is 2.75. The minimum atomic E-state index is 0.337. The number of hydrogen-bond acceptors (Lipinski definition) is 4. The molecule has 2 aromatic rings. The van der Waals surface area contributed by atoms with Gasteiger partial charge in [-0.3, -0.25) is 5.41 Å². The van der Waals surface area contributed by atoms with Gasteiger partial charge in [0.15, 0.2) is 9.97 Å². The first-order valence-electron chi connectivity index (χ1n) is 5.12. The number of thiol groups is 1. The summed E-state index contributed by atoms with van der Waals surface area (Å²) in [6, 6.07) is 8.20. The van der Waals surface area contributed by atoms with Crippen LogP contribution in [0.15, 0.2) is 29.3 Å². The van der Waals surface area contributed by atoms with E-state index < -0.39 is 0 Å². The van der Waals surface area contributed by atoms with Crippen LogP contribution in [0.1, 0.15) is 0 Å². The highest BCUT2D eigenvalue weighted by Crippen LogP contribution is 2.16. The van der Waals surface area contributed by atoms with Crippen LogP contribution in [-0.2, 0) is 6.54 Å². The summed E-state index contributed by atoms with van der Waals surface area (Å²) in [4.78, 5) is 5.20. The maximum Gasteiger partial charge on any atom is 0.192 e. The highest BCUT2D eigenvalue weighted by atomic mass is 32.2. The Labute approximate surface area is 114 Å². The van der Waals surface area contributed by atoms with Crippen LogP contribution >= 0.6 is 35.7 Å². The van der Waals surface area contributed by atoms with E-state index in [9.17, 15) is 0 Å². The van der Waals surface area contributed by atoms with E-state index in [2.05, 4.69) is 34.3 Å². The average molecular weight is 283 g/mol. The number of amidine groups is 1.